The number of benzene rings is 1. The third-order valence-corrected chi connectivity index (χ3v) is 2.53. The molecule has 110 valence electrons. The topological polar surface area (TPSA) is 41.5 Å². The first kappa shape index (κ1) is 16.2. The Morgan fingerprint density at radius 3 is 2.25 bits per heavy atom. The second-order valence-corrected chi connectivity index (χ2v) is 4.96. The van der Waals surface area contributed by atoms with Gasteiger partial charge in [-0.1, -0.05) is 13.8 Å². The maximum atomic E-state index is 12.4. The van der Waals surface area contributed by atoms with Gasteiger partial charge in [0.2, 0.25) is 0 Å². The van der Waals surface area contributed by atoms with Gasteiger partial charge in [-0.05, 0) is 43.5 Å². The molecule has 0 spiro atoms. The summed E-state index contributed by atoms with van der Waals surface area (Å²) in [6, 6.07) is 4.01. The van der Waals surface area contributed by atoms with Crippen LogP contribution in [0.5, 0.6) is 0 Å². The van der Waals surface area contributed by atoms with Crippen LogP contribution in [0.2, 0.25) is 0 Å². The zero-order chi connectivity index (χ0) is 15.3. The van der Waals surface area contributed by atoms with Crippen molar-refractivity contribution < 1.29 is 18.0 Å². The second kappa shape index (κ2) is 6.54. The average molecular weight is 286 g/mol. The number of nitrogens with zero attached hydrogens (tertiary/aromatic N) is 1. The van der Waals surface area contributed by atoms with Crippen LogP contribution >= 0.6 is 0 Å². The summed E-state index contributed by atoms with van der Waals surface area (Å²) < 4.78 is 37.1. The van der Waals surface area contributed by atoms with Crippen molar-refractivity contribution in [3.63, 3.8) is 0 Å². The Hall–Kier alpha value is -1.85. The molecule has 0 atom stereocenters. The van der Waals surface area contributed by atoms with Crippen molar-refractivity contribution in [2.75, 3.05) is 0 Å². The van der Waals surface area contributed by atoms with Crippen molar-refractivity contribution in [1.29, 1.82) is 0 Å². The highest BCUT2D eigenvalue weighted by molar-refractivity contribution is 5.95. The normalized spacial score (nSPS) is 12.7. The minimum Gasteiger partial charge on any atom is -0.267 e. The highest BCUT2D eigenvalue weighted by Crippen LogP contribution is 2.29. The maximum Gasteiger partial charge on any atom is 0.416 e. The SMILES string of the molecule is C/C(CC(C)C)=N/NC(=O)c1ccc(C(F)(F)F)cc1. The van der Waals surface area contributed by atoms with Gasteiger partial charge in [0, 0.05) is 11.3 Å². The molecule has 1 amide bonds. The van der Waals surface area contributed by atoms with Crippen LogP contribution in [0.3, 0.4) is 0 Å². The van der Waals surface area contributed by atoms with Gasteiger partial charge in [0.25, 0.3) is 5.91 Å². The smallest absolute Gasteiger partial charge is 0.267 e. The van der Waals surface area contributed by atoms with Crippen LogP contribution in [-0.2, 0) is 6.18 Å². The number of carbonyl (C=O) groups excluding carboxylic acids is 1. The molecule has 0 bridgehead atoms. The van der Waals surface area contributed by atoms with E-state index >= 15 is 0 Å². The van der Waals surface area contributed by atoms with E-state index in [2.05, 4.69) is 10.5 Å². The third kappa shape index (κ3) is 5.03. The van der Waals surface area contributed by atoms with E-state index in [0.29, 0.717) is 5.92 Å². The predicted molar refractivity (Wildman–Crippen MR) is 71.5 cm³/mol. The van der Waals surface area contributed by atoms with Crippen molar-refractivity contribution in [1.82, 2.24) is 5.43 Å². The molecule has 0 aliphatic heterocycles. The Balaban J connectivity index is 2.69. The first-order valence-corrected chi connectivity index (χ1v) is 6.21. The van der Waals surface area contributed by atoms with Crippen molar-refractivity contribution in [3.05, 3.63) is 35.4 Å². The van der Waals surface area contributed by atoms with Gasteiger partial charge in [-0.15, -0.1) is 0 Å². The zero-order valence-electron chi connectivity index (χ0n) is 11.6. The lowest BCUT2D eigenvalue weighted by Gasteiger charge is -2.07. The number of amides is 1. The largest absolute Gasteiger partial charge is 0.416 e. The zero-order valence-corrected chi connectivity index (χ0v) is 11.6. The lowest BCUT2D eigenvalue weighted by molar-refractivity contribution is -0.137. The summed E-state index contributed by atoms with van der Waals surface area (Å²) in [6.07, 6.45) is -3.66. The van der Waals surface area contributed by atoms with Crippen LogP contribution in [0, 0.1) is 5.92 Å². The van der Waals surface area contributed by atoms with Crippen LogP contribution in [0.4, 0.5) is 13.2 Å². The number of hydrazone groups is 1. The lowest BCUT2D eigenvalue weighted by Crippen LogP contribution is -2.19. The summed E-state index contributed by atoms with van der Waals surface area (Å²) in [4.78, 5) is 11.7. The van der Waals surface area contributed by atoms with E-state index in [1.54, 1.807) is 6.92 Å². The Labute approximate surface area is 115 Å². The predicted octanol–water partition coefficient (Wildman–Crippen LogP) is 3.86. The fourth-order valence-electron chi connectivity index (χ4n) is 1.66. The van der Waals surface area contributed by atoms with Crippen molar-refractivity contribution in [2.24, 2.45) is 11.0 Å². The van der Waals surface area contributed by atoms with Gasteiger partial charge in [0.15, 0.2) is 0 Å². The van der Waals surface area contributed by atoms with E-state index in [-0.39, 0.29) is 5.56 Å². The van der Waals surface area contributed by atoms with Gasteiger partial charge in [0.05, 0.1) is 5.56 Å². The molecule has 0 saturated heterocycles. The highest BCUT2D eigenvalue weighted by Gasteiger charge is 2.30. The molecule has 1 aromatic carbocycles. The number of alkyl halides is 3. The minimum absolute atomic E-state index is 0.138. The first-order chi connectivity index (χ1) is 9.20. The second-order valence-electron chi connectivity index (χ2n) is 4.96. The van der Waals surface area contributed by atoms with Gasteiger partial charge < -0.3 is 0 Å². The van der Waals surface area contributed by atoms with Gasteiger partial charge in [0.1, 0.15) is 0 Å². The van der Waals surface area contributed by atoms with E-state index in [4.69, 9.17) is 0 Å². The summed E-state index contributed by atoms with van der Waals surface area (Å²) >= 11 is 0. The number of rotatable bonds is 4. The number of hydrogen-bond acceptors (Lipinski definition) is 2. The molecule has 0 aromatic heterocycles. The van der Waals surface area contributed by atoms with Gasteiger partial charge >= 0.3 is 6.18 Å². The molecule has 1 N–H and O–H groups in total. The molecule has 0 radical (unpaired) electrons. The molecule has 0 unspecified atom stereocenters. The quantitative estimate of drug-likeness (QED) is 0.662. The molecule has 3 nitrogen and oxygen atoms in total. The van der Waals surface area contributed by atoms with E-state index < -0.39 is 17.6 Å². The molecule has 0 aliphatic rings. The molecule has 0 fully saturated rings. The molecule has 0 aliphatic carbocycles. The molecular weight excluding hydrogens is 269 g/mol. The highest BCUT2D eigenvalue weighted by atomic mass is 19.4. The summed E-state index contributed by atoms with van der Waals surface area (Å²) in [5.74, 6) is -0.108. The molecule has 0 heterocycles. The average Bonchev–Trinajstić information content (AvgIpc) is 2.34. The Kier molecular flexibility index (Phi) is 5.30. The van der Waals surface area contributed by atoms with Crippen LogP contribution in [0.25, 0.3) is 0 Å². The van der Waals surface area contributed by atoms with Crippen molar-refractivity contribution in [3.8, 4) is 0 Å². The fourth-order valence-corrected chi connectivity index (χ4v) is 1.66. The maximum absolute atomic E-state index is 12.4. The van der Waals surface area contributed by atoms with E-state index in [0.717, 1.165) is 36.4 Å². The molecule has 0 saturated carbocycles. The number of hydrogen-bond donors (Lipinski definition) is 1. The van der Waals surface area contributed by atoms with Gasteiger partial charge in [-0.25, -0.2) is 5.43 Å². The summed E-state index contributed by atoms with van der Waals surface area (Å²) in [7, 11) is 0. The summed E-state index contributed by atoms with van der Waals surface area (Å²) in [6.45, 7) is 5.83. The van der Waals surface area contributed by atoms with E-state index in [9.17, 15) is 18.0 Å². The lowest BCUT2D eigenvalue weighted by atomic mass is 10.1. The van der Waals surface area contributed by atoms with Crippen LogP contribution < -0.4 is 5.43 Å². The standard InChI is InChI=1S/C14H17F3N2O/c1-9(2)8-10(3)18-19-13(20)11-4-6-12(7-5-11)14(15,16)17/h4-7,9H,8H2,1-3H3,(H,19,20)/b18-10-. The van der Waals surface area contributed by atoms with Gasteiger partial charge in [-0.3, -0.25) is 4.79 Å². The molecule has 1 aromatic rings. The number of nitrogens with one attached hydrogen (secondary N) is 1. The molecule has 6 heteroatoms. The summed E-state index contributed by atoms with van der Waals surface area (Å²) in [5.41, 5.74) is 2.45. The van der Waals surface area contributed by atoms with Gasteiger partial charge in [-0.2, -0.15) is 18.3 Å². The Bertz CT molecular complexity index is 490. The van der Waals surface area contributed by atoms with Crippen LogP contribution in [0.1, 0.15) is 43.1 Å². The third-order valence-electron chi connectivity index (χ3n) is 2.53. The fraction of sp³-hybridized carbons (Fsp3) is 0.429. The Morgan fingerprint density at radius 1 is 1.25 bits per heavy atom. The number of carbonyl (C=O) groups is 1. The minimum atomic E-state index is -4.40. The van der Waals surface area contributed by atoms with Crippen molar-refractivity contribution >= 4 is 11.6 Å². The van der Waals surface area contributed by atoms with E-state index in [1.165, 1.54) is 0 Å². The molecule has 20 heavy (non-hydrogen) atoms. The summed E-state index contributed by atoms with van der Waals surface area (Å²) in [5, 5.41) is 3.91. The van der Waals surface area contributed by atoms with Crippen LogP contribution in [0.15, 0.2) is 29.4 Å². The van der Waals surface area contributed by atoms with Crippen molar-refractivity contribution in [2.45, 2.75) is 33.4 Å². The van der Waals surface area contributed by atoms with Crippen LogP contribution in [-0.4, -0.2) is 11.6 Å². The Morgan fingerprint density at radius 2 is 1.80 bits per heavy atom. The monoisotopic (exact) mass is 286 g/mol. The molecular formula is C14H17F3N2O. The van der Waals surface area contributed by atoms with E-state index in [1.807, 2.05) is 13.8 Å². The first-order valence-electron chi connectivity index (χ1n) is 6.21. The number of halogens is 3. The molecule has 1 rings (SSSR count).